The summed E-state index contributed by atoms with van der Waals surface area (Å²) in [4.78, 5) is 16.6. The number of allylic oxidation sites excluding steroid dienone is 3. The molecule has 0 radical (unpaired) electrons. The lowest BCUT2D eigenvalue weighted by Gasteiger charge is -2.42. The van der Waals surface area contributed by atoms with Crippen LogP contribution >= 0.6 is 0 Å². The summed E-state index contributed by atoms with van der Waals surface area (Å²) in [6.07, 6.45) is 6.55. The number of nitrogens with two attached hydrogens (primary N) is 1. The van der Waals surface area contributed by atoms with Crippen LogP contribution in [0.2, 0.25) is 0 Å². The van der Waals surface area contributed by atoms with Gasteiger partial charge in [0, 0.05) is 18.7 Å². The number of esters is 1. The van der Waals surface area contributed by atoms with Gasteiger partial charge in [0.2, 0.25) is 0 Å². The highest BCUT2D eigenvalue weighted by atomic mass is 16.5. The van der Waals surface area contributed by atoms with Crippen molar-refractivity contribution in [2.24, 2.45) is 5.73 Å². The number of ether oxygens (including phenoxy) is 1. The van der Waals surface area contributed by atoms with E-state index in [0.29, 0.717) is 26.1 Å². The Hall–Kier alpha value is -2.53. The number of nitrogens with zero attached hydrogens (tertiary/aromatic N) is 2. The molecular weight excluding hydrogens is 374 g/mol. The molecule has 2 heterocycles. The van der Waals surface area contributed by atoms with Gasteiger partial charge in [-0.3, -0.25) is 9.69 Å². The molecule has 1 saturated carbocycles. The zero-order valence-corrected chi connectivity index (χ0v) is 18.1. The van der Waals surface area contributed by atoms with Crippen LogP contribution in [-0.2, 0) is 9.53 Å². The molecule has 2 N–H and O–H groups in total. The first kappa shape index (κ1) is 20.7. The molecule has 160 valence electrons. The third kappa shape index (κ3) is 3.91. The van der Waals surface area contributed by atoms with Gasteiger partial charge >= 0.3 is 5.97 Å². The summed E-state index contributed by atoms with van der Waals surface area (Å²) >= 11 is 0. The van der Waals surface area contributed by atoms with Gasteiger partial charge in [0.1, 0.15) is 12.4 Å². The molecule has 0 amide bonds. The van der Waals surface area contributed by atoms with E-state index in [2.05, 4.69) is 47.6 Å². The van der Waals surface area contributed by atoms with Crippen LogP contribution in [0.1, 0.15) is 50.5 Å². The lowest BCUT2D eigenvalue weighted by molar-refractivity contribution is -0.143. The Morgan fingerprint density at radius 3 is 2.67 bits per heavy atom. The van der Waals surface area contributed by atoms with Gasteiger partial charge in [0.15, 0.2) is 0 Å². The number of carbonyl (C=O) groups excluding carboxylic acids is 1. The fourth-order valence-corrected chi connectivity index (χ4v) is 4.98. The topological polar surface area (TPSA) is 58.8 Å². The highest BCUT2D eigenvalue weighted by Gasteiger charge is 2.36. The van der Waals surface area contributed by atoms with E-state index in [1.807, 2.05) is 0 Å². The van der Waals surface area contributed by atoms with Gasteiger partial charge in [-0.05, 0) is 80.3 Å². The molecule has 0 aromatic heterocycles. The Labute approximate surface area is 179 Å². The molecule has 4 rings (SSSR count). The molecule has 2 fully saturated rings. The zero-order chi connectivity index (χ0) is 21.1. The number of cyclic esters (lactones) is 1. The first-order valence-electron chi connectivity index (χ1n) is 11.2. The fraction of sp³-hybridized carbons (Fsp3) is 0.480. The number of hydrogen-bond donors (Lipinski definition) is 1. The highest BCUT2D eigenvalue weighted by molar-refractivity contribution is 5.71. The van der Waals surface area contributed by atoms with Crippen molar-refractivity contribution < 1.29 is 9.53 Å². The van der Waals surface area contributed by atoms with Gasteiger partial charge < -0.3 is 15.4 Å². The van der Waals surface area contributed by atoms with Crippen LogP contribution in [0.15, 0.2) is 59.1 Å². The Morgan fingerprint density at radius 1 is 1.07 bits per heavy atom. The Morgan fingerprint density at radius 2 is 1.87 bits per heavy atom. The van der Waals surface area contributed by atoms with E-state index in [1.54, 1.807) is 0 Å². The highest BCUT2D eigenvalue weighted by Crippen LogP contribution is 2.47. The van der Waals surface area contributed by atoms with Crippen LogP contribution in [0.25, 0.3) is 0 Å². The monoisotopic (exact) mass is 407 g/mol. The molecule has 0 unspecified atom stereocenters. The van der Waals surface area contributed by atoms with Crippen LogP contribution < -0.4 is 10.6 Å². The van der Waals surface area contributed by atoms with Crippen molar-refractivity contribution in [3.8, 4) is 0 Å². The SMILES string of the molecule is C=C1C(CCN)=C2CCCC2=C(N2CCCCC(=O)OCC2)N1c1ccccc1C. The number of carbonyl (C=O) groups is 1. The molecule has 5 nitrogen and oxygen atoms in total. The maximum absolute atomic E-state index is 11.9. The van der Waals surface area contributed by atoms with Gasteiger partial charge in [-0.2, -0.15) is 0 Å². The quantitative estimate of drug-likeness (QED) is 0.750. The van der Waals surface area contributed by atoms with E-state index in [-0.39, 0.29) is 5.97 Å². The molecule has 0 atom stereocenters. The number of aryl methyl sites for hydroxylation is 1. The Balaban J connectivity index is 1.83. The number of fused-ring (bicyclic) bond motifs is 1. The smallest absolute Gasteiger partial charge is 0.305 e. The van der Waals surface area contributed by atoms with Gasteiger partial charge in [0.05, 0.1) is 12.2 Å². The predicted octanol–water partition coefficient (Wildman–Crippen LogP) is 4.40. The van der Waals surface area contributed by atoms with Crippen molar-refractivity contribution in [3.05, 3.63) is 64.6 Å². The fourth-order valence-electron chi connectivity index (χ4n) is 4.98. The van der Waals surface area contributed by atoms with Crippen molar-refractivity contribution in [2.45, 2.75) is 51.9 Å². The first-order valence-corrected chi connectivity index (χ1v) is 11.2. The lowest BCUT2D eigenvalue weighted by atomic mass is 9.92. The third-order valence-electron chi connectivity index (χ3n) is 6.42. The second kappa shape index (κ2) is 9.09. The van der Waals surface area contributed by atoms with Crippen molar-refractivity contribution in [1.82, 2.24) is 4.90 Å². The first-order chi connectivity index (χ1) is 14.6. The van der Waals surface area contributed by atoms with Crippen molar-refractivity contribution in [2.75, 3.05) is 31.1 Å². The van der Waals surface area contributed by atoms with Crippen LogP contribution in [0.4, 0.5) is 5.69 Å². The molecule has 0 bridgehead atoms. The zero-order valence-electron chi connectivity index (χ0n) is 18.1. The summed E-state index contributed by atoms with van der Waals surface area (Å²) in [5, 5.41) is 0. The molecule has 5 heteroatoms. The van der Waals surface area contributed by atoms with Gasteiger partial charge in [-0.15, -0.1) is 0 Å². The van der Waals surface area contributed by atoms with Gasteiger partial charge in [0.25, 0.3) is 0 Å². The van der Waals surface area contributed by atoms with E-state index < -0.39 is 0 Å². The molecule has 1 aromatic rings. The summed E-state index contributed by atoms with van der Waals surface area (Å²) < 4.78 is 5.47. The summed E-state index contributed by atoms with van der Waals surface area (Å²) in [7, 11) is 0. The van der Waals surface area contributed by atoms with Crippen LogP contribution in [-0.4, -0.2) is 37.1 Å². The Kier molecular flexibility index (Phi) is 6.28. The number of hydrogen-bond acceptors (Lipinski definition) is 5. The van der Waals surface area contributed by atoms with Gasteiger partial charge in [-0.1, -0.05) is 24.8 Å². The maximum Gasteiger partial charge on any atom is 0.305 e. The average molecular weight is 408 g/mol. The van der Waals surface area contributed by atoms with E-state index in [1.165, 1.54) is 40.2 Å². The maximum atomic E-state index is 11.9. The number of anilines is 1. The van der Waals surface area contributed by atoms with E-state index in [0.717, 1.165) is 44.3 Å². The Bertz CT molecular complexity index is 899. The molecule has 0 spiro atoms. The summed E-state index contributed by atoms with van der Waals surface area (Å²) in [6, 6.07) is 8.50. The second-order valence-corrected chi connectivity index (χ2v) is 8.38. The number of rotatable bonds is 4. The normalized spacial score (nSPS) is 20.7. The number of benzene rings is 1. The van der Waals surface area contributed by atoms with Gasteiger partial charge in [-0.25, -0.2) is 0 Å². The molecule has 1 aromatic carbocycles. The third-order valence-corrected chi connectivity index (χ3v) is 6.42. The standard InChI is InChI=1S/C25H33N3O2/c1-18-8-3-4-11-23(18)28-19(2)20(13-14-26)21-9-7-10-22(21)25(28)27-15-6-5-12-24(29)30-17-16-27/h3-4,8,11H,2,5-7,9-10,12-17,26H2,1H3. The minimum atomic E-state index is -0.0787. The van der Waals surface area contributed by atoms with Crippen LogP contribution in [0.5, 0.6) is 0 Å². The molecule has 2 aliphatic heterocycles. The van der Waals surface area contributed by atoms with E-state index in [4.69, 9.17) is 10.5 Å². The molecule has 3 aliphatic rings. The molecular formula is C25H33N3O2. The van der Waals surface area contributed by atoms with Crippen molar-refractivity contribution in [1.29, 1.82) is 0 Å². The molecule has 1 saturated heterocycles. The van der Waals surface area contributed by atoms with Crippen molar-refractivity contribution >= 4 is 11.7 Å². The summed E-state index contributed by atoms with van der Waals surface area (Å²) in [5.74, 6) is 1.16. The number of para-hydroxylation sites is 1. The van der Waals surface area contributed by atoms with Crippen LogP contribution in [0, 0.1) is 6.92 Å². The minimum absolute atomic E-state index is 0.0787. The van der Waals surface area contributed by atoms with E-state index in [9.17, 15) is 4.79 Å². The lowest BCUT2D eigenvalue weighted by Crippen LogP contribution is -2.41. The van der Waals surface area contributed by atoms with E-state index >= 15 is 0 Å². The van der Waals surface area contributed by atoms with Crippen LogP contribution in [0.3, 0.4) is 0 Å². The average Bonchev–Trinajstić information content (AvgIpc) is 3.24. The summed E-state index contributed by atoms with van der Waals surface area (Å²) in [5.41, 5.74) is 13.6. The molecule has 1 aliphatic carbocycles. The largest absolute Gasteiger partial charge is 0.464 e. The second-order valence-electron chi connectivity index (χ2n) is 8.38. The van der Waals surface area contributed by atoms with Crippen molar-refractivity contribution in [3.63, 3.8) is 0 Å². The molecule has 30 heavy (non-hydrogen) atoms. The minimum Gasteiger partial charge on any atom is -0.464 e. The summed E-state index contributed by atoms with van der Waals surface area (Å²) in [6.45, 7) is 9.40. The predicted molar refractivity (Wildman–Crippen MR) is 121 cm³/mol.